The van der Waals surface area contributed by atoms with Crippen LogP contribution in [-0.4, -0.2) is 0 Å². The topological polar surface area (TPSA) is 0 Å². The van der Waals surface area contributed by atoms with Crippen molar-refractivity contribution in [2.75, 3.05) is 0 Å². The summed E-state index contributed by atoms with van der Waals surface area (Å²) in [6, 6.07) is 0. The first-order chi connectivity index (χ1) is 6.13. The van der Waals surface area contributed by atoms with Gasteiger partial charge in [0.15, 0.2) is 0 Å². The Morgan fingerprint density at radius 3 is 2.46 bits per heavy atom. The number of hydrogen-bond donors (Lipinski definition) is 0. The highest BCUT2D eigenvalue weighted by atomic mass is 14.3. The molecule has 0 aliphatic heterocycles. The smallest absolute Gasteiger partial charge is 0.0168 e. The van der Waals surface area contributed by atoms with Gasteiger partial charge in [0.1, 0.15) is 0 Å². The molecule has 0 bridgehead atoms. The Morgan fingerprint density at radius 2 is 1.92 bits per heavy atom. The van der Waals surface area contributed by atoms with E-state index in [2.05, 4.69) is 39.5 Å². The van der Waals surface area contributed by atoms with Gasteiger partial charge in [0.25, 0.3) is 0 Å². The van der Waals surface area contributed by atoms with E-state index in [9.17, 15) is 0 Å². The molecule has 0 saturated heterocycles. The van der Waals surface area contributed by atoms with Gasteiger partial charge in [-0.15, -0.1) is 6.58 Å². The molecule has 0 radical (unpaired) electrons. The Bertz CT molecular complexity index is 196. The number of hydrogen-bond acceptors (Lipinski definition) is 0. The van der Waals surface area contributed by atoms with Crippen LogP contribution in [0.25, 0.3) is 0 Å². The molecule has 0 heteroatoms. The summed E-state index contributed by atoms with van der Waals surface area (Å²) < 4.78 is 0. The molecule has 0 unspecified atom stereocenters. The summed E-state index contributed by atoms with van der Waals surface area (Å²) in [5.74, 6) is 2.38. The molecule has 1 rings (SSSR count). The molecule has 1 aliphatic rings. The Hall–Kier alpha value is -0.520. The Labute approximate surface area is 82.7 Å². The lowest BCUT2D eigenvalue weighted by molar-refractivity contribution is 0.266. The summed E-state index contributed by atoms with van der Waals surface area (Å²) >= 11 is 0. The molecule has 0 amide bonds. The standard InChI is InChI=1S/C13H22/c1-5-12-9-11(4)6-7-13(12)8-10(2)3/h5,8,11-13H,1,6-7,9H2,2-4H3/t11-,12-,13-/m1/s1. The molecule has 0 spiro atoms. The van der Waals surface area contributed by atoms with Crippen molar-refractivity contribution in [1.82, 2.24) is 0 Å². The molecule has 1 saturated carbocycles. The van der Waals surface area contributed by atoms with E-state index in [1.54, 1.807) is 0 Å². The molecule has 0 nitrogen and oxygen atoms in total. The molecule has 0 aromatic rings. The average Bonchev–Trinajstić information content (AvgIpc) is 2.07. The Morgan fingerprint density at radius 1 is 1.23 bits per heavy atom. The van der Waals surface area contributed by atoms with Gasteiger partial charge in [-0.25, -0.2) is 0 Å². The van der Waals surface area contributed by atoms with Gasteiger partial charge >= 0.3 is 0 Å². The average molecular weight is 178 g/mol. The van der Waals surface area contributed by atoms with E-state index < -0.39 is 0 Å². The van der Waals surface area contributed by atoms with E-state index in [0.717, 1.165) is 17.8 Å². The summed E-state index contributed by atoms with van der Waals surface area (Å²) in [7, 11) is 0. The molecule has 0 N–H and O–H groups in total. The second kappa shape index (κ2) is 4.64. The maximum absolute atomic E-state index is 3.95. The van der Waals surface area contributed by atoms with E-state index in [1.807, 2.05) is 0 Å². The monoisotopic (exact) mass is 178 g/mol. The van der Waals surface area contributed by atoms with Crippen molar-refractivity contribution in [1.29, 1.82) is 0 Å². The fourth-order valence-electron chi connectivity index (χ4n) is 2.35. The van der Waals surface area contributed by atoms with Crippen LogP contribution in [0.4, 0.5) is 0 Å². The normalized spacial score (nSPS) is 33.9. The van der Waals surface area contributed by atoms with Crippen LogP contribution >= 0.6 is 0 Å². The SMILES string of the molecule is C=C[C@@H]1C[C@H](C)CC[C@@H]1C=C(C)C. The van der Waals surface area contributed by atoms with Crippen LogP contribution in [0.15, 0.2) is 24.3 Å². The van der Waals surface area contributed by atoms with Gasteiger partial charge in [0.05, 0.1) is 0 Å². The second-order valence-electron chi connectivity index (χ2n) is 4.73. The van der Waals surface area contributed by atoms with E-state index in [-0.39, 0.29) is 0 Å². The molecule has 3 atom stereocenters. The van der Waals surface area contributed by atoms with Gasteiger partial charge in [0, 0.05) is 0 Å². The van der Waals surface area contributed by atoms with Crippen LogP contribution in [0.1, 0.15) is 40.0 Å². The lowest BCUT2D eigenvalue weighted by Gasteiger charge is -2.31. The molecule has 0 aromatic heterocycles. The van der Waals surface area contributed by atoms with Crippen LogP contribution < -0.4 is 0 Å². The lowest BCUT2D eigenvalue weighted by Crippen LogP contribution is -2.20. The number of rotatable bonds is 2. The predicted molar refractivity (Wildman–Crippen MR) is 59.6 cm³/mol. The highest BCUT2D eigenvalue weighted by Gasteiger charge is 2.24. The Balaban J connectivity index is 2.62. The van der Waals surface area contributed by atoms with E-state index >= 15 is 0 Å². The zero-order chi connectivity index (χ0) is 9.84. The quantitative estimate of drug-likeness (QED) is 0.556. The first kappa shape index (κ1) is 10.6. The van der Waals surface area contributed by atoms with Crippen molar-refractivity contribution < 1.29 is 0 Å². The van der Waals surface area contributed by atoms with Gasteiger partial charge in [-0.1, -0.05) is 31.1 Å². The van der Waals surface area contributed by atoms with Crippen molar-refractivity contribution in [3.05, 3.63) is 24.3 Å². The molecular weight excluding hydrogens is 156 g/mol. The lowest BCUT2D eigenvalue weighted by atomic mass is 9.74. The zero-order valence-corrected chi connectivity index (χ0v) is 9.22. The van der Waals surface area contributed by atoms with Gasteiger partial charge in [-0.2, -0.15) is 0 Å². The highest BCUT2D eigenvalue weighted by Crippen LogP contribution is 2.35. The minimum atomic E-state index is 0.721. The van der Waals surface area contributed by atoms with Crippen LogP contribution in [0.3, 0.4) is 0 Å². The second-order valence-corrected chi connectivity index (χ2v) is 4.73. The largest absolute Gasteiger partial charge is 0.103 e. The van der Waals surface area contributed by atoms with E-state index in [0.29, 0.717) is 0 Å². The van der Waals surface area contributed by atoms with Crippen LogP contribution in [0.5, 0.6) is 0 Å². The third-order valence-corrected chi connectivity index (χ3v) is 3.07. The Kier molecular flexibility index (Phi) is 3.77. The molecule has 0 aromatic carbocycles. The number of allylic oxidation sites excluding steroid dienone is 3. The summed E-state index contributed by atoms with van der Waals surface area (Å²) in [6.45, 7) is 10.7. The van der Waals surface area contributed by atoms with Crippen molar-refractivity contribution >= 4 is 0 Å². The summed E-state index contributed by atoms with van der Waals surface area (Å²) in [6.07, 6.45) is 8.65. The minimum absolute atomic E-state index is 0.721. The first-order valence-corrected chi connectivity index (χ1v) is 5.41. The van der Waals surface area contributed by atoms with E-state index in [1.165, 1.54) is 24.8 Å². The third kappa shape index (κ3) is 3.02. The summed E-state index contributed by atoms with van der Waals surface area (Å²) in [5.41, 5.74) is 1.45. The fourth-order valence-corrected chi connectivity index (χ4v) is 2.35. The molecule has 1 aliphatic carbocycles. The molecule has 1 fully saturated rings. The molecule has 0 heterocycles. The van der Waals surface area contributed by atoms with Gasteiger partial charge < -0.3 is 0 Å². The maximum atomic E-state index is 3.95. The molecule has 74 valence electrons. The van der Waals surface area contributed by atoms with Crippen LogP contribution in [-0.2, 0) is 0 Å². The van der Waals surface area contributed by atoms with Crippen molar-refractivity contribution in [3.63, 3.8) is 0 Å². The fraction of sp³-hybridized carbons (Fsp3) is 0.692. The highest BCUT2D eigenvalue weighted by molar-refractivity contribution is 5.04. The van der Waals surface area contributed by atoms with Crippen LogP contribution in [0.2, 0.25) is 0 Å². The van der Waals surface area contributed by atoms with Crippen molar-refractivity contribution in [2.24, 2.45) is 17.8 Å². The third-order valence-electron chi connectivity index (χ3n) is 3.07. The molecule has 13 heavy (non-hydrogen) atoms. The summed E-state index contributed by atoms with van der Waals surface area (Å²) in [4.78, 5) is 0. The van der Waals surface area contributed by atoms with Crippen molar-refractivity contribution in [3.8, 4) is 0 Å². The maximum Gasteiger partial charge on any atom is -0.0168 e. The predicted octanol–water partition coefficient (Wildman–Crippen LogP) is 4.19. The van der Waals surface area contributed by atoms with Crippen LogP contribution in [0, 0.1) is 17.8 Å². The molecular formula is C13H22. The minimum Gasteiger partial charge on any atom is -0.103 e. The zero-order valence-electron chi connectivity index (χ0n) is 9.22. The van der Waals surface area contributed by atoms with Gasteiger partial charge in [-0.05, 0) is 44.4 Å². The van der Waals surface area contributed by atoms with E-state index in [4.69, 9.17) is 0 Å². The summed E-state index contributed by atoms with van der Waals surface area (Å²) in [5, 5.41) is 0. The van der Waals surface area contributed by atoms with Gasteiger partial charge in [0.2, 0.25) is 0 Å². The van der Waals surface area contributed by atoms with Crippen molar-refractivity contribution in [2.45, 2.75) is 40.0 Å². The first-order valence-electron chi connectivity index (χ1n) is 5.41. The van der Waals surface area contributed by atoms with Gasteiger partial charge in [-0.3, -0.25) is 0 Å².